The van der Waals surface area contributed by atoms with Crippen LogP contribution >= 0.6 is 11.6 Å². The van der Waals surface area contributed by atoms with E-state index < -0.39 is 5.41 Å². The first kappa shape index (κ1) is 28.8. The molecule has 2 aliphatic rings. The summed E-state index contributed by atoms with van der Waals surface area (Å²) in [5.41, 5.74) is 2.28. The van der Waals surface area contributed by atoms with Crippen molar-refractivity contribution in [1.82, 2.24) is 15.3 Å². The number of nitrogens with zero attached hydrogens (tertiary/aromatic N) is 3. The predicted octanol–water partition coefficient (Wildman–Crippen LogP) is 6.04. The first-order chi connectivity index (χ1) is 18.3. The molecule has 2 N–H and O–H groups in total. The molecule has 2 fully saturated rings. The number of nitriles is 1. The molecule has 2 aromatic rings. The Morgan fingerprint density at radius 1 is 1.18 bits per heavy atom. The number of anilines is 1. The van der Waals surface area contributed by atoms with E-state index in [2.05, 4.69) is 48.5 Å². The third kappa shape index (κ3) is 8.38. The van der Waals surface area contributed by atoms with Crippen LogP contribution in [0.4, 0.5) is 5.82 Å². The Balaban J connectivity index is 1.31. The van der Waals surface area contributed by atoms with Gasteiger partial charge in [0.1, 0.15) is 5.82 Å². The van der Waals surface area contributed by atoms with Crippen LogP contribution in [0.5, 0.6) is 0 Å². The van der Waals surface area contributed by atoms with Gasteiger partial charge >= 0.3 is 0 Å². The Labute approximate surface area is 232 Å². The molecule has 1 saturated carbocycles. The van der Waals surface area contributed by atoms with Crippen LogP contribution in [0.3, 0.4) is 0 Å². The number of hydrogen-bond acceptors (Lipinski definition) is 7. The summed E-state index contributed by atoms with van der Waals surface area (Å²) in [4.78, 5) is 9.47. The van der Waals surface area contributed by atoms with Crippen molar-refractivity contribution in [2.24, 2.45) is 11.3 Å². The van der Waals surface area contributed by atoms with Crippen molar-refractivity contribution in [2.75, 3.05) is 38.2 Å². The van der Waals surface area contributed by atoms with Crippen LogP contribution in [0, 0.1) is 22.7 Å². The van der Waals surface area contributed by atoms with Crippen molar-refractivity contribution in [2.45, 2.75) is 77.4 Å². The van der Waals surface area contributed by atoms with E-state index in [1.54, 1.807) is 6.20 Å². The van der Waals surface area contributed by atoms with Gasteiger partial charge in [-0.3, -0.25) is 4.98 Å². The van der Waals surface area contributed by atoms with Crippen molar-refractivity contribution >= 4 is 17.4 Å². The molecule has 0 bridgehead atoms. The topological polar surface area (TPSA) is 92.1 Å². The lowest BCUT2D eigenvalue weighted by atomic mass is 9.82. The first-order valence-electron chi connectivity index (χ1n) is 14.0. The Bertz CT molecular complexity index is 1080. The third-order valence-corrected chi connectivity index (χ3v) is 7.95. The third-order valence-electron chi connectivity index (χ3n) is 7.65. The summed E-state index contributed by atoms with van der Waals surface area (Å²) in [5.74, 6) is 1.37. The average molecular weight is 540 g/mol. The van der Waals surface area contributed by atoms with E-state index in [1.807, 2.05) is 18.2 Å². The zero-order valence-electron chi connectivity index (χ0n) is 23.1. The van der Waals surface area contributed by atoms with Gasteiger partial charge in [0.2, 0.25) is 0 Å². The average Bonchev–Trinajstić information content (AvgIpc) is 2.92. The van der Waals surface area contributed by atoms with Crippen LogP contribution < -0.4 is 10.6 Å². The zero-order valence-corrected chi connectivity index (χ0v) is 23.8. The number of hydrogen-bond donors (Lipinski definition) is 2. The highest BCUT2D eigenvalue weighted by Gasteiger charge is 2.32. The molecule has 0 atom stereocenters. The van der Waals surface area contributed by atoms with Crippen LogP contribution in [-0.4, -0.2) is 54.5 Å². The Morgan fingerprint density at radius 2 is 1.95 bits per heavy atom. The highest BCUT2D eigenvalue weighted by Crippen LogP contribution is 2.32. The van der Waals surface area contributed by atoms with Gasteiger partial charge in [-0.1, -0.05) is 17.7 Å². The molecule has 3 heterocycles. The summed E-state index contributed by atoms with van der Waals surface area (Å²) in [5, 5.41) is 17.4. The van der Waals surface area contributed by atoms with Gasteiger partial charge in [-0.15, -0.1) is 0 Å². The largest absolute Gasteiger partial charge is 0.381 e. The maximum Gasteiger partial charge on any atom is 0.126 e. The minimum absolute atomic E-state index is 0.0812. The second-order valence-corrected chi connectivity index (χ2v) is 12.2. The molecule has 0 unspecified atom stereocenters. The second-order valence-electron chi connectivity index (χ2n) is 11.8. The van der Waals surface area contributed by atoms with Crippen molar-refractivity contribution in [3.05, 3.63) is 41.2 Å². The highest BCUT2D eigenvalue weighted by molar-refractivity contribution is 6.33. The summed E-state index contributed by atoms with van der Waals surface area (Å²) in [7, 11) is 0. The Hall–Kier alpha value is -2.24. The van der Waals surface area contributed by atoms with Crippen LogP contribution in [0.25, 0.3) is 11.3 Å². The molecule has 0 aromatic carbocycles. The van der Waals surface area contributed by atoms with E-state index in [0.717, 1.165) is 55.2 Å². The maximum atomic E-state index is 9.74. The predicted molar refractivity (Wildman–Crippen MR) is 152 cm³/mol. The smallest absolute Gasteiger partial charge is 0.126 e. The number of nitrogens with one attached hydrogen (secondary N) is 2. The van der Waals surface area contributed by atoms with Gasteiger partial charge in [0, 0.05) is 49.8 Å². The number of ether oxygens (including phenoxy) is 2. The van der Waals surface area contributed by atoms with Crippen molar-refractivity contribution in [3.63, 3.8) is 0 Å². The van der Waals surface area contributed by atoms with Crippen LogP contribution in [0.2, 0.25) is 5.02 Å². The van der Waals surface area contributed by atoms with E-state index in [0.29, 0.717) is 36.7 Å². The fourth-order valence-corrected chi connectivity index (χ4v) is 5.51. The van der Waals surface area contributed by atoms with E-state index >= 15 is 0 Å². The molecule has 1 saturated heterocycles. The van der Waals surface area contributed by atoms with Crippen LogP contribution in [-0.2, 0) is 15.9 Å². The summed E-state index contributed by atoms with van der Waals surface area (Å²) >= 11 is 6.58. The molecule has 1 aliphatic carbocycles. The number of halogens is 1. The normalized spacial score (nSPS) is 21.6. The molecular weight excluding hydrogens is 498 g/mol. The van der Waals surface area contributed by atoms with Crippen LogP contribution in [0.1, 0.15) is 65.0 Å². The molecule has 38 heavy (non-hydrogen) atoms. The standard InChI is InChI=1S/C30H42ClN5O2/c1-29(2,3)38-16-13-33-23-9-7-22(8-10-23)17-24-18-25(26(31)19-34-24)27-5-4-6-28(36-27)35-21-30(20-32)11-14-37-15-12-30/h4-6,18-19,22-23,33H,7-17,21H2,1-3H3,(H,35,36). The van der Waals surface area contributed by atoms with Gasteiger partial charge in [-0.05, 0) is 89.8 Å². The Morgan fingerprint density at radius 3 is 2.66 bits per heavy atom. The lowest BCUT2D eigenvalue weighted by molar-refractivity contribution is -0.00211. The fraction of sp³-hybridized carbons (Fsp3) is 0.633. The zero-order chi connectivity index (χ0) is 27.0. The number of pyridine rings is 2. The SMILES string of the molecule is CC(C)(C)OCCNC1CCC(Cc2cc(-c3cccc(NCC4(C#N)CCOCC4)n3)c(Cl)cn2)CC1. The van der Waals surface area contributed by atoms with Gasteiger partial charge in [0.05, 0.1) is 34.4 Å². The number of rotatable bonds is 10. The number of aromatic nitrogens is 2. The van der Waals surface area contributed by atoms with E-state index in [-0.39, 0.29) is 5.60 Å². The molecule has 8 heteroatoms. The van der Waals surface area contributed by atoms with Crippen molar-refractivity contribution in [3.8, 4) is 17.3 Å². The first-order valence-corrected chi connectivity index (χ1v) is 14.4. The summed E-state index contributed by atoms with van der Waals surface area (Å²) < 4.78 is 11.3. The van der Waals surface area contributed by atoms with Gasteiger partial charge < -0.3 is 20.1 Å². The lowest BCUT2D eigenvalue weighted by Crippen LogP contribution is -2.36. The maximum absolute atomic E-state index is 9.74. The molecule has 206 valence electrons. The minimum Gasteiger partial charge on any atom is -0.381 e. The van der Waals surface area contributed by atoms with Crippen LogP contribution in [0.15, 0.2) is 30.5 Å². The van der Waals surface area contributed by atoms with E-state index in [9.17, 15) is 5.26 Å². The molecule has 2 aromatic heterocycles. The van der Waals surface area contributed by atoms with Gasteiger partial charge in [-0.2, -0.15) is 5.26 Å². The van der Waals surface area contributed by atoms with E-state index in [1.165, 1.54) is 25.7 Å². The second kappa shape index (κ2) is 13.2. The summed E-state index contributed by atoms with van der Waals surface area (Å²) in [6.45, 7) is 9.75. The minimum atomic E-state index is -0.411. The Kier molecular flexibility index (Phi) is 10.00. The molecule has 4 rings (SSSR count). The molecular formula is C30H42ClN5O2. The van der Waals surface area contributed by atoms with Gasteiger partial charge in [0.15, 0.2) is 0 Å². The van der Waals surface area contributed by atoms with Gasteiger partial charge in [-0.25, -0.2) is 4.98 Å². The molecule has 0 radical (unpaired) electrons. The quantitative estimate of drug-likeness (QED) is 0.356. The summed E-state index contributed by atoms with van der Waals surface area (Å²) in [6, 6.07) is 11.1. The van der Waals surface area contributed by atoms with Crippen molar-refractivity contribution in [1.29, 1.82) is 5.26 Å². The molecule has 0 amide bonds. The highest BCUT2D eigenvalue weighted by atomic mass is 35.5. The monoisotopic (exact) mass is 539 g/mol. The summed E-state index contributed by atoms with van der Waals surface area (Å²) in [6.07, 6.45) is 8.94. The van der Waals surface area contributed by atoms with Crippen molar-refractivity contribution < 1.29 is 9.47 Å². The van der Waals surface area contributed by atoms with Gasteiger partial charge in [0.25, 0.3) is 0 Å². The molecule has 7 nitrogen and oxygen atoms in total. The molecule has 1 aliphatic heterocycles. The lowest BCUT2D eigenvalue weighted by Gasteiger charge is -2.30. The van der Waals surface area contributed by atoms with E-state index in [4.69, 9.17) is 26.1 Å². The fourth-order valence-electron chi connectivity index (χ4n) is 5.31. The molecule has 0 spiro atoms.